The SMILES string of the molecule is CCc1ccc(CC(O)C2OCCC2C)cc1. The summed E-state index contributed by atoms with van der Waals surface area (Å²) in [6.07, 6.45) is 2.46. The number of ether oxygens (including phenoxy) is 1. The van der Waals surface area contributed by atoms with Crippen LogP contribution in [0.2, 0.25) is 0 Å². The van der Waals surface area contributed by atoms with E-state index in [0.717, 1.165) is 19.4 Å². The summed E-state index contributed by atoms with van der Waals surface area (Å²) >= 11 is 0. The lowest BCUT2D eigenvalue weighted by molar-refractivity contribution is -0.0157. The van der Waals surface area contributed by atoms with Crippen LogP contribution in [0, 0.1) is 5.92 Å². The number of hydrogen-bond acceptors (Lipinski definition) is 2. The first-order valence-corrected chi connectivity index (χ1v) is 6.58. The molecule has 1 aromatic carbocycles. The lowest BCUT2D eigenvalue weighted by Gasteiger charge is -2.21. The monoisotopic (exact) mass is 234 g/mol. The van der Waals surface area contributed by atoms with Gasteiger partial charge in [0.15, 0.2) is 0 Å². The Balaban J connectivity index is 1.95. The molecule has 2 heteroatoms. The molecule has 1 heterocycles. The van der Waals surface area contributed by atoms with Crippen LogP contribution >= 0.6 is 0 Å². The summed E-state index contributed by atoms with van der Waals surface area (Å²) in [6.45, 7) is 5.09. The molecule has 0 spiro atoms. The molecule has 2 rings (SSSR count). The molecule has 0 aliphatic carbocycles. The molecular weight excluding hydrogens is 212 g/mol. The fourth-order valence-electron chi connectivity index (χ4n) is 2.48. The van der Waals surface area contributed by atoms with Gasteiger partial charge in [0.1, 0.15) is 0 Å². The number of aliphatic hydroxyl groups excluding tert-OH is 1. The predicted octanol–water partition coefficient (Wildman–Crippen LogP) is 2.58. The molecule has 1 N–H and O–H groups in total. The van der Waals surface area contributed by atoms with Gasteiger partial charge in [0, 0.05) is 13.0 Å². The molecule has 1 saturated heterocycles. The fourth-order valence-corrected chi connectivity index (χ4v) is 2.48. The van der Waals surface area contributed by atoms with Gasteiger partial charge in [-0.25, -0.2) is 0 Å². The Morgan fingerprint density at radius 1 is 1.29 bits per heavy atom. The number of aryl methyl sites for hydroxylation is 1. The van der Waals surface area contributed by atoms with Crippen molar-refractivity contribution in [1.82, 2.24) is 0 Å². The smallest absolute Gasteiger partial charge is 0.0863 e. The van der Waals surface area contributed by atoms with Crippen molar-refractivity contribution in [3.63, 3.8) is 0 Å². The second kappa shape index (κ2) is 5.65. The van der Waals surface area contributed by atoms with Gasteiger partial charge in [-0.1, -0.05) is 38.1 Å². The molecule has 3 atom stereocenters. The van der Waals surface area contributed by atoms with E-state index in [2.05, 4.69) is 38.1 Å². The number of aliphatic hydroxyl groups is 1. The molecule has 94 valence electrons. The number of hydrogen-bond donors (Lipinski definition) is 1. The lowest BCUT2D eigenvalue weighted by atomic mass is 9.95. The average molecular weight is 234 g/mol. The van der Waals surface area contributed by atoms with E-state index in [1.807, 2.05) is 0 Å². The molecule has 1 fully saturated rings. The summed E-state index contributed by atoms with van der Waals surface area (Å²) in [5.41, 5.74) is 2.53. The summed E-state index contributed by atoms with van der Waals surface area (Å²) in [5, 5.41) is 10.2. The van der Waals surface area contributed by atoms with Crippen molar-refractivity contribution < 1.29 is 9.84 Å². The van der Waals surface area contributed by atoms with Gasteiger partial charge >= 0.3 is 0 Å². The second-order valence-corrected chi connectivity index (χ2v) is 5.04. The minimum absolute atomic E-state index is 0.0147. The third kappa shape index (κ3) is 3.08. The zero-order chi connectivity index (χ0) is 12.3. The van der Waals surface area contributed by atoms with Gasteiger partial charge in [0.05, 0.1) is 12.2 Å². The maximum Gasteiger partial charge on any atom is 0.0863 e. The van der Waals surface area contributed by atoms with Crippen molar-refractivity contribution in [2.24, 2.45) is 5.92 Å². The van der Waals surface area contributed by atoms with E-state index < -0.39 is 0 Å². The van der Waals surface area contributed by atoms with E-state index in [4.69, 9.17) is 4.74 Å². The molecule has 0 saturated carbocycles. The predicted molar refractivity (Wildman–Crippen MR) is 69.1 cm³/mol. The highest BCUT2D eigenvalue weighted by molar-refractivity contribution is 5.23. The second-order valence-electron chi connectivity index (χ2n) is 5.04. The van der Waals surface area contributed by atoms with E-state index in [-0.39, 0.29) is 12.2 Å². The zero-order valence-electron chi connectivity index (χ0n) is 10.7. The van der Waals surface area contributed by atoms with Crippen LogP contribution in [0.4, 0.5) is 0 Å². The quantitative estimate of drug-likeness (QED) is 0.867. The van der Waals surface area contributed by atoms with Crippen LogP contribution in [-0.2, 0) is 17.6 Å². The number of rotatable bonds is 4. The Labute approximate surface area is 104 Å². The molecule has 1 aromatic rings. The van der Waals surface area contributed by atoms with E-state index >= 15 is 0 Å². The normalized spacial score (nSPS) is 26.1. The van der Waals surface area contributed by atoms with Crippen molar-refractivity contribution in [1.29, 1.82) is 0 Å². The van der Waals surface area contributed by atoms with Crippen LogP contribution in [0.15, 0.2) is 24.3 Å². The van der Waals surface area contributed by atoms with E-state index in [1.54, 1.807) is 0 Å². The molecule has 0 aromatic heterocycles. The van der Waals surface area contributed by atoms with Crippen LogP contribution in [0.3, 0.4) is 0 Å². The Hall–Kier alpha value is -0.860. The van der Waals surface area contributed by atoms with Crippen molar-refractivity contribution in [2.75, 3.05) is 6.61 Å². The summed E-state index contributed by atoms with van der Waals surface area (Å²) in [4.78, 5) is 0. The van der Waals surface area contributed by atoms with E-state index in [1.165, 1.54) is 11.1 Å². The molecule has 1 aliphatic rings. The zero-order valence-corrected chi connectivity index (χ0v) is 10.7. The third-order valence-corrected chi connectivity index (χ3v) is 3.70. The van der Waals surface area contributed by atoms with Gasteiger partial charge in [-0.2, -0.15) is 0 Å². The third-order valence-electron chi connectivity index (χ3n) is 3.70. The van der Waals surface area contributed by atoms with Gasteiger partial charge in [-0.05, 0) is 29.9 Å². The molecule has 1 aliphatic heterocycles. The highest BCUT2D eigenvalue weighted by Crippen LogP contribution is 2.24. The van der Waals surface area contributed by atoms with Crippen LogP contribution < -0.4 is 0 Å². The van der Waals surface area contributed by atoms with Gasteiger partial charge in [-0.3, -0.25) is 0 Å². The van der Waals surface area contributed by atoms with Gasteiger partial charge in [0.2, 0.25) is 0 Å². The molecule has 3 unspecified atom stereocenters. The van der Waals surface area contributed by atoms with Crippen LogP contribution in [0.1, 0.15) is 31.4 Å². The fraction of sp³-hybridized carbons (Fsp3) is 0.600. The highest BCUT2D eigenvalue weighted by atomic mass is 16.5. The molecule has 17 heavy (non-hydrogen) atoms. The minimum atomic E-state index is -0.375. The standard InChI is InChI=1S/C15H22O2/c1-3-12-4-6-13(7-5-12)10-14(16)15-11(2)8-9-17-15/h4-7,11,14-16H,3,8-10H2,1-2H3. The molecular formula is C15H22O2. The summed E-state index contributed by atoms with van der Waals surface area (Å²) in [5.74, 6) is 0.472. The van der Waals surface area contributed by atoms with Gasteiger partial charge in [-0.15, -0.1) is 0 Å². The molecule has 0 radical (unpaired) electrons. The maximum atomic E-state index is 10.2. The molecule has 0 bridgehead atoms. The lowest BCUT2D eigenvalue weighted by Crippen LogP contribution is -2.31. The van der Waals surface area contributed by atoms with Crippen molar-refractivity contribution >= 4 is 0 Å². The van der Waals surface area contributed by atoms with Gasteiger partial charge in [0.25, 0.3) is 0 Å². The highest BCUT2D eigenvalue weighted by Gasteiger charge is 2.30. The van der Waals surface area contributed by atoms with Crippen molar-refractivity contribution in [3.05, 3.63) is 35.4 Å². The number of benzene rings is 1. The Morgan fingerprint density at radius 2 is 1.94 bits per heavy atom. The van der Waals surface area contributed by atoms with E-state index in [0.29, 0.717) is 12.3 Å². The van der Waals surface area contributed by atoms with Crippen LogP contribution in [0.25, 0.3) is 0 Å². The Bertz CT molecular complexity index is 344. The summed E-state index contributed by atoms with van der Waals surface area (Å²) < 4.78 is 5.59. The Morgan fingerprint density at radius 3 is 2.47 bits per heavy atom. The largest absolute Gasteiger partial charge is 0.390 e. The first kappa shape index (κ1) is 12.6. The molecule has 2 nitrogen and oxygen atoms in total. The van der Waals surface area contributed by atoms with Crippen LogP contribution in [-0.4, -0.2) is 23.9 Å². The van der Waals surface area contributed by atoms with E-state index in [9.17, 15) is 5.11 Å². The topological polar surface area (TPSA) is 29.5 Å². The first-order chi connectivity index (χ1) is 8.20. The average Bonchev–Trinajstić information content (AvgIpc) is 2.76. The van der Waals surface area contributed by atoms with Crippen molar-refractivity contribution in [2.45, 2.75) is 45.3 Å². The minimum Gasteiger partial charge on any atom is -0.390 e. The molecule has 0 amide bonds. The van der Waals surface area contributed by atoms with Crippen molar-refractivity contribution in [3.8, 4) is 0 Å². The first-order valence-electron chi connectivity index (χ1n) is 6.58. The Kier molecular flexibility index (Phi) is 4.19. The summed E-state index contributed by atoms with van der Waals surface area (Å²) in [6, 6.07) is 8.51. The van der Waals surface area contributed by atoms with Gasteiger partial charge < -0.3 is 9.84 Å². The van der Waals surface area contributed by atoms with Crippen LogP contribution in [0.5, 0.6) is 0 Å². The summed E-state index contributed by atoms with van der Waals surface area (Å²) in [7, 11) is 0. The maximum absolute atomic E-state index is 10.2.